The molecule has 242 valence electrons. The lowest BCUT2D eigenvalue weighted by molar-refractivity contribution is -0.140. The third-order valence-corrected chi connectivity index (χ3v) is 9.23. The average molecular weight is 672 g/mol. The number of rotatable bonds is 12. The number of halogens is 4. The first-order valence-electron chi connectivity index (χ1n) is 14.4. The summed E-state index contributed by atoms with van der Waals surface area (Å²) in [5.74, 6) is -1.31. The van der Waals surface area contributed by atoms with Gasteiger partial charge in [0.05, 0.1) is 16.1 Å². The van der Waals surface area contributed by atoms with Crippen molar-refractivity contribution in [2.75, 3.05) is 10.8 Å². The Morgan fingerprint density at radius 2 is 1.46 bits per heavy atom. The topological polar surface area (TPSA) is 86.8 Å². The van der Waals surface area contributed by atoms with Crippen molar-refractivity contribution in [3.63, 3.8) is 0 Å². The lowest BCUT2D eigenvalue weighted by Gasteiger charge is -2.34. The summed E-state index contributed by atoms with van der Waals surface area (Å²) in [6.45, 7) is 2.45. The normalized spacial score (nSPS) is 12.4. The smallest absolute Gasteiger partial charge is 0.352 e. The Bertz CT molecular complexity index is 1750. The van der Waals surface area contributed by atoms with E-state index in [9.17, 15) is 31.2 Å². The van der Waals surface area contributed by atoms with Gasteiger partial charge >= 0.3 is 6.18 Å². The summed E-state index contributed by atoms with van der Waals surface area (Å²) in [6, 6.07) is 25.1. The van der Waals surface area contributed by atoms with E-state index in [0.29, 0.717) is 21.0 Å². The average Bonchev–Trinajstić information content (AvgIpc) is 3.02. The third kappa shape index (κ3) is 8.67. The van der Waals surface area contributed by atoms with Crippen molar-refractivity contribution in [3.05, 3.63) is 131 Å². The highest BCUT2D eigenvalue weighted by molar-refractivity contribution is 7.92. The van der Waals surface area contributed by atoms with Gasteiger partial charge in [0.25, 0.3) is 10.0 Å². The number of hydrogen-bond donors (Lipinski definition) is 1. The molecule has 1 N–H and O–H groups in total. The lowest BCUT2D eigenvalue weighted by Crippen LogP contribution is -2.54. The summed E-state index contributed by atoms with van der Waals surface area (Å²) in [7, 11) is -4.56. The molecule has 12 heteroatoms. The first kappa shape index (κ1) is 34.5. The summed E-state index contributed by atoms with van der Waals surface area (Å²) in [6.07, 6.45) is -4.70. The van der Waals surface area contributed by atoms with E-state index in [4.69, 9.17) is 11.6 Å². The Labute approximate surface area is 271 Å². The Morgan fingerprint density at radius 3 is 2.07 bits per heavy atom. The van der Waals surface area contributed by atoms with Crippen molar-refractivity contribution in [3.8, 4) is 0 Å². The molecule has 0 aliphatic carbocycles. The van der Waals surface area contributed by atoms with Crippen LogP contribution in [0.4, 0.5) is 18.9 Å². The summed E-state index contributed by atoms with van der Waals surface area (Å²) >= 11 is 6.46. The Balaban J connectivity index is 1.85. The molecule has 1 atom stereocenters. The van der Waals surface area contributed by atoms with Gasteiger partial charge in [-0.1, -0.05) is 84.4 Å². The maximum atomic E-state index is 14.4. The number of nitrogens with one attached hydrogen (secondary N) is 1. The number of nitrogens with zero attached hydrogens (tertiary/aromatic N) is 2. The van der Waals surface area contributed by atoms with E-state index in [1.54, 1.807) is 74.5 Å². The standard InChI is InChI=1S/C34H33ClF3N3O4S/c1-24(2)39-33(43)31(20-25-12-5-3-6-13-25)40(22-26-14-9-10-19-30(26)35)32(42)23-41(46(44,45)29-17-7-4-8-18-29)28-16-11-15-27(21-28)34(36,37)38/h3-19,21,24,31H,20,22-23H2,1-2H3,(H,39,43)/t31-/m1/s1. The Hall–Kier alpha value is -4.35. The largest absolute Gasteiger partial charge is 0.416 e. The molecule has 0 heterocycles. The number of amides is 2. The van der Waals surface area contributed by atoms with Crippen LogP contribution in [0.1, 0.15) is 30.5 Å². The molecule has 0 saturated carbocycles. The first-order chi connectivity index (χ1) is 21.8. The van der Waals surface area contributed by atoms with Crippen LogP contribution < -0.4 is 9.62 Å². The molecule has 0 unspecified atom stereocenters. The zero-order valence-electron chi connectivity index (χ0n) is 25.1. The molecule has 7 nitrogen and oxygen atoms in total. The quantitative estimate of drug-likeness (QED) is 0.181. The minimum atomic E-state index is -4.77. The molecule has 2 amide bonds. The van der Waals surface area contributed by atoms with E-state index in [0.717, 1.165) is 17.7 Å². The molecular weight excluding hydrogens is 639 g/mol. The molecule has 46 heavy (non-hydrogen) atoms. The van der Waals surface area contributed by atoms with E-state index in [1.165, 1.54) is 35.2 Å². The number of sulfonamides is 1. The maximum absolute atomic E-state index is 14.4. The number of hydrogen-bond acceptors (Lipinski definition) is 4. The predicted molar refractivity (Wildman–Crippen MR) is 172 cm³/mol. The van der Waals surface area contributed by atoms with Gasteiger partial charge in [-0.2, -0.15) is 13.2 Å². The highest BCUT2D eigenvalue weighted by Gasteiger charge is 2.36. The molecule has 0 spiro atoms. The molecule has 0 aliphatic heterocycles. The van der Waals surface area contributed by atoms with Gasteiger partial charge < -0.3 is 10.2 Å². The van der Waals surface area contributed by atoms with Crippen LogP contribution >= 0.6 is 11.6 Å². The fourth-order valence-corrected chi connectivity index (χ4v) is 6.45. The van der Waals surface area contributed by atoms with Crippen molar-refractivity contribution in [2.24, 2.45) is 0 Å². The minimum Gasteiger partial charge on any atom is -0.352 e. The lowest BCUT2D eigenvalue weighted by atomic mass is 10.0. The van der Waals surface area contributed by atoms with Crippen molar-refractivity contribution >= 4 is 39.1 Å². The molecule has 0 saturated heterocycles. The molecule has 0 bridgehead atoms. The first-order valence-corrected chi connectivity index (χ1v) is 16.2. The maximum Gasteiger partial charge on any atom is 0.416 e. The Kier molecular flexibility index (Phi) is 11.1. The van der Waals surface area contributed by atoms with Gasteiger partial charge in [-0.25, -0.2) is 8.42 Å². The zero-order chi connectivity index (χ0) is 33.5. The van der Waals surface area contributed by atoms with Gasteiger partial charge in [0.1, 0.15) is 12.6 Å². The second kappa shape index (κ2) is 14.8. The second-order valence-corrected chi connectivity index (χ2v) is 13.1. The van der Waals surface area contributed by atoms with E-state index < -0.39 is 46.2 Å². The van der Waals surface area contributed by atoms with E-state index >= 15 is 0 Å². The molecule has 4 aromatic carbocycles. The van der Waals surface area contributed by atoms with Crippen molar-refractivity contribution in [1.82, 2.24) is 10.2 Å². The number of benzene rings is 4. The fourth-order valence-electron chi connectivity index (χ4n) is 4.83. The monoisotopic (exact) mass is 671 g/mol. The van der Waals surface area contributed by atoms with Crippen LogP contribution in [0.15, 0.2) is 114 Å². The van der Waals surface area contributed by atoms with Gasteiger partial charge in [0.15, 0.2) is 0 Å². The number of anilines is 1. The van der Waals surface area contributed by atoms with E-state index in [1.807, 2.05) is 0 Å². The molecule has 4 rings (SSSR count). The van der Waals surface area contributed by atoms with Gasteiger partial charge in [-0.05, 0) is 61.4 Å². The van der Waals surface area contributed by atoms with Crippen LogP contribution in [0.2, 0.25) is 5.02 Å². The fraction of sp³-hybridized carbons (Fsp3) is 0.235. The van der Waals surface area contributed by atoms with Crippen LogP contribution in [0.5, 0.6) is 0 Å². The molecule has 0 aliphatic rings. The highest BCUT2D eigenvalue weighted by atomic mass is 35.5. The number of alkyl halides is 3. The summed E-state index contributed by atoms with van der Waals surface area (Å²) in [5, 5.41) is 3.16. The number of carbonyl (C=O) groups is 2. The third-order valence-electron chi connectivity index (χ3n) is 7.07. The minimum absolute atomic E-state index is 0.0740. The second-order valence-electron chi connectivity index (χ2n) is 10.9. The molecule has 0 aromatic heterocycles. The van der Waals surface area contributed by atoms with E-state index in [2.05, 4.69) is 5.32 Å². The van der Waals surface area contributed by atoms with Crippen molar-refractivity contribution in [1.29, 1.82) is 0 Å². The van der Waals surface area contributed by atoms with Gasteiger partial charge in [-0.3, -0.25) is 13.9 Å². The molecule has 0 radical (unpaired) electrons. The SMILES string of the molecule is CC(C)NC(=O)[C@@H](Cc1ccccc1)N(Cc1ccccc1Cl)C(=O)CN(c1cccc(C(F)(F)F)c1)S(=O)(=O)c1ccccc1. The van der Waals surface area contributed by atoms with Crippen LogP contribution in [0.25, 0.3) is 0 Å². The van der Waals surface area contributed by atoms with Gasteiger partial charge in [0, 0.05) is 24.0 Å². The van der Waals surface area contributed by atoms with Crippen molar-refractivity contribution < 1.29 is 31.2 Å². The number of carbonyl (C=O) groups excluding carboxylic acids is 2. The molecular formula is C34H33ClF3N3O4S. The van der Waals surface area contributed by atoms with Gasteiger partial charge in [0.2, 0.25) is 11.8 Å². The van der Waals surface area contributed by atoms with Crippen molar-refractivity contribution in [2.45, 2.75) is 50.0 Å². The molecule has 4 aromatic rings. The van der Waals surface area contributed by atoms with Crippen LogP contribution in [-0.2, 0) is 38.8 Å². The van der Waals surface area contributed by atoms with Crippen LogP contribution in [0, 0.1) is 0 Å². The van der Waals surface area contributed by atoms with Crippen LogP contribution in [0.3, 0.4) is 0 Å². The predicted octanol–water partition coefficient (Wildman–Crippen LogP) is 6.72. The molecule has 0 fully saturated rings. The summed E-state index contributed by atoms with van der Waals surface area (Å²) in [5.41, 5.74) is -0.229. The summed E-state index contributed by atoms with van der Waals surface area (Å²) < 4.78 is 69.8. The van der Waals surface area contributed by atoms with Gasteiger partial charge in [-0.15, -0.1) is 0 Å². The summed E-state index contributed by atoms with van der Waals surface area (Å²) in [4.78, 5) is 29.1. The highest BCUT2D eigenvalue weighted by Crippen LogP contribution is 2.33. The van der Waals surface area contributed by atoms with E-state index in [-0.39, 0.29) is 29.6 Å². The Morgan fingerprint density at radius 1 is 0.848 bits per heavy atom. The zero-order valence-corrected chi connectivity index (χ0v) is 26.7. The van der Waals surface area contributed by atoms with Crippen LogP contribution in [-0.4, -0.2) is 43.8 Å².